The van der Waals surface area contributed by atoms with Gasteiger partial charge in [-0.2, -0.15) is 0 Å². The average molecular weight is 309 g/mol. The SMILES string of the molecule is c1ccc(CN2Cc3c(c4ccccc4c4ccccc34)C2)cc1. The molecular formula is C23H19N. The molecule has 0 N–H and O–H groups in total. The van der Waals surface area contributed by atoms with E-state index in [9.17, 15) is 0 Å². The Kier molecular flexibility index (Phi) is 3.14. The highest BCUT2D eigenvalue weighted by Crippen LogP contribution is 2.38. The third kappa shape index (κ3) is 2.13. The lowest BCUT2D eigenvalue weighted by atomic mass is 9.93. The molecule has 0 bridgehead atoms. The number of hydrogen-bond donors (Lipinski definition) is 0. The zero-order chi connectivity index (χ0) is 15.9. The van der Waals surface area contributed by atoms with Crippen molar-refractivity contribution in [2.24, 2.45) is 0 Å². The lowest BCUT2D eigenvalue weighted by Crippen LogP contribution is -2.15. The van der Waals surface area contributed by atoms with Crippen LogP contribution in [0.15, 0.2) is 78.9 Å². The minimum Gasteiger partial charge on any atom is -0.291 e. The van der Waals surface area contributed by atoms with E-state index in [1.54, 1.807) is 0 Å². The van der Waals surface area contributed by atoms with Gasteiger partial charge in [-0.05, 0) is 38.2 Å². The zero-order valence-electron chi connectivity index (χ0n) is 13.6. The summed E-state index contributed by atoms with van der Waals surface area (Å²) in [4.78, 5) is 2.55. The van der Waals surface area contributed by atoms with Crippen LogP contribution in [0.4, 0.5) is 0 Å². The molecule has 116 valence electrons. The molecule has 1 aliphatic heterocycles. The molecule has 0 radical (unpaired) electrons. The second-order valence-electron chi connectivity index (χ2n) is 6.68. The van der Waals surface area contributed by atoms with Gasteiger partial charge in [0, 0.05) is 19.6 Å². The highest BCUT2D eigenvalue weighted by Gasteiger charge is 2.23. The maximum Gasteiger partial charge on any atom is 0.0250 e. The first-order valence-corrected chi connectivity index (χ1v) is 8.57. The van der Waals surface area contributed by atoms with Gasteiger partial charge in [-0.25, -0.2) is 0 Å². The highest BCUT2D eigenvalue weighted by atomic mass is 15.1. The Morgan fingerprint density at radius 3 is 1.54 bits per heavy atom. The molecule has 1 heterocycles. The second-order valence-corrected chi connectivity index (χ2v) is 6.68. The average Bonchev–Trinajstić information content (AvgIpc) is 3.07. The highest BCUT2D eigenvalue weighted by molar-refractivity contribution is 6.10. The molecule has 4 aromatic rings. The van der Waals surface area contributed by atoms with Gasteiger partial charge in [0.05, 0.1) is 0 Å². The van der Waals surface area contributed by atoms with E-state index in [1.807, 2.05) is 0 Å². The Hall–Kier alpha value is -2.64. The first kappa shape index (κ1) is 13.8. The quantitative estimate of drug-likeness (QED) is 0.441. The summed E-state index contributed by atoms with van der Waals surface area (Å²) in [7, 11) is 0. The van der Waals surface area contributed by atoms with Crippen molar-refractivity contribution in [1.29, 1.82) is 0 Å². The van der Waals surface area contributed by atoms with Crippen LogP contribution >= 0.6 is 0 Å². The van der Waals surface area contributed by atoms with Gasteiger partial charge in [0.25, 0.3) is 0 Å². The molecule has 0 atom stereocenters. The van der Waals surface area contributed by atoms with Crippen LogP contribution in [-0.4, -0.2) is 4.90 Å². The molecule has 0 spiro atoms. The first-order valence-electron chi connectivity index (χ1n) is 8.57. The van der Waals surface area contributed by atoms with E-state index >= 15 is 0 Å². The predicted octanol–water partition coefficient (Wildman–Crippen LogP) is 5.51. The Balaban J connectivity index is 1.65. The standard InChI is InChI=1S/C23H19N/c1-2-8-17(9-3-1)14-24-15-22-20-12-6-4-10-18(20)19-11-5-7-13-21(19)23(22)16-24/h1-13H,14-16H2. The minimum atomic E-state index is 1.01. The smallest absolute Gasteiger partial charge is 0.0250 e. The Bertz CT molecular complexity index is 969. The lowest BCUT2D eigenvalue weighted by Gasteiger charge is -2.14. The fourth-order valence-corrected chi connectivity index (χ4v) is 4.11. The molecule has 0 fully saturated rings. The summed E-state index contributed by atoms with van der Waals surface area (Å²) in [6, 6.07) is 28.5. The summed E-state index contributed by atoms with van der Waals surface area (Å²) in [5.74, 6) is 0. The third-order valence-corrected chi connectivity index (χ3v) is 5.17. The maximum atomic E-state index is 2.55. The topological polar surface area (TPSA) is 3.24 Å². The van der Waals surface area contributed by atoms with E-state index in [-0.39, 0.29) is 0 Å². The van der Waals surface area contributed by atoms with Gasteiger partial charge in [-0.15, -0.1) is 0 Å². The zero-order valence-corrected chi connectivity index (χ0v) is 13.6. The lowest BCUT2D eigenvalue weighted by molar-refractivity contribution is 0.276. The van der Waals surface area contributed by atoms with Crippen LogP contribution in [0.3, 0.4) is 0 Å². The van der Waals surface area contributed by atoms with E-state index in [0.717, 1.165) is 19.6 Å². The van der Waals surface area contributed by atoms with Crippen molar-refractivity contribution in [2.45, 2.75) is 19.6 Å². The molecule has 0 amide bonds. The van der Waals surface area contributed by atoms with E-state index in [4.69, 9.17) is 0 Å². The van der Waals surface area contributed by atoms with Crippen LogP contribution in [0, 0.1) is 0 Å². The number of nitrogens with zero attached hydrogens (tertiary/aromatic N) is 1. The van der Waals surface area contributed by atoms with Crippen molar-refractivity contribution >= 4 is 21.5 Å². The van der Waals surface area contributed by atoms with Crippen LogP contribution in [0.25, 0.3) is 21.5 Å². The van der Waals surface area contributed by atoms with Gasteiger partial charge in [0.15, 0.2) is 0 Å². The Morgan fingerprint density at radius 1 is 0.542 bits per heavy atom. The molecule has 24 heavy (non-hydrogen) atoms. The van der Waals surface area contributed by atoms with Crippen LogP contribution in [-0.2, 0) is 19.6 Å². The van der Waals surface area contributed by atoms with Gasteiger partial charge < -0.3 is 0 Å². The third-order valence-electron chi connectivity index (χ3n) is 5.17. The summed E-state index contributed by atoms with van der Waals surface area (Å²) < 4.78 is 0. The van der Waals surface area contributed by atoms with Crippen LogP contribution in [0.1, 0.15) is 16.7 Å². The molecule has 4 aromatic carbocycles. The largest absolute Gasteiger partial charge is 0.291 e. The van der Waals surface area contributed by atoms with Gasteiger partial charge >= 0.3 is 0 Å². The summed E-state index contributed by atoms with van der Waals surface area (Å²) in [5, 5.41) is 5.60. The summed E-state index contributed by atoms with van der Waals surface area (Å²) in [6.45, 7) is 3.09. The van der Waals surface area contributed by atoms with Gasteiger partial charge in [-0.1, -0.05) is 78.9 Å². The van der Waals surface area contributed by atoms with Crippen molar-refractivity contribution in [3.05, 3.63) is 95.6 Å². The van der Waals surface area contributed by atoms with E-state index in [2.05, 4.69) is 83.8 Å². The summed E-state index contributed by atoms with van der Waals surface area (Å²) in [6.07, 6.45) is 0. The van der Waals surface area contributed by atoms with Gasteiger partial charge in [0.2, 0.25) is 0 Å². The molecule has 0 saturated heterocycles. The van der Waals surface area contributed by atoms with Crippen molar-refractivity contribution in [3.8, 4) is 0 Å². The molecule has 0 aromatic heterocycles. The van der Waals surface area contributed by atoms with Crippen molar-refractivity contribution in [3.63, 3.8) is 0 Å². The van der Waals surface area contributed by atoms with Crippen LogP contribution in [0.2, 0.25) is 0 Å². The predicted molar refractivity (Wildman–Crippen MR) is 101 cm³/mol. The van der Waals surface area contributed by atoms with Crippen LogP contribution < -0.4 is 0 Å². The molecular weight excluding hydrogens is 290 g/mol. The number of hydrogen-bond acceptors (Lipinski definition) is 1. The normalized spacial score (nSPS) is 14.3. The molecule has 0 saturated carbocycles. The van der Waals surface area contributed by atoms with Gasteiger partial charge in [-0.3, -0.25) is 4.90 Å². The van der Waals surface area contributed by atoms with Crippen molar-refractivity contribution < 1.29 is 0 Å². The first-order chi connectivity index (χ1) is 11.9. The molecule has 5 rings (SSSR count). The summed E-state index contributed by atoms with van der Waals surface area (Å²) >= 11 is 0. The second kappa shape index (κ2) is 5.47. The maximum absolute atomic E-state index is 2.55. The van der Waals surface area contributed by atoms with Crippen molar-refractivity contribution in [1.82, 2.24) is 4.90 Å². The number of fused-ring (bicyclic) bond motifs is 6. The molecule has 1 heteroatoms. The van der Waals surface area contributed by atoms with E-state index in [0.29, 0.717) is 0 Å². The Morgan fingerprint density at radius 2 is 1.00 bits per heavy atom. The minimum absolute atomic E-state index is 1.01. The Labute approximate surface area is 142 Å². The van der Waals surface area contributed by atoms with E-state index in [1.165, 1.54) is 38.2 Å². The molecule has 1 nitrogen and oxygen atoms in total. The number of benzene rings is 4. The number of rotatable bonds is 2. The fraction of sp³-hybridized carbons (Fsp3) is 0.130. The fourth-order valence-electron chi connectivity index (χ4n) is 4.11. The summed E-state index contributed by atoms with van der Waals surface area (Å²) in [5.41, 5.74) is 4.42. The van der Waals surface area contributed by atoms with E-state index < -0.39 is 0 Å². The van der Waals surface area contributed by atoms with Crippen molar-refractivity contribution in [2.75, 3.05) is 0 Å². The van der Waals surface area contributed by atoms with Crippen LogP contribution in [0.5, 0.6) is 0 Å². The molecule has 0 unspecified atom stereocenters. The molecule has 0 aliphatic carbocycles. The van der Waals surface area contributed by atoms with Gasteiger partial charge in [0.1, 0.15) is 0 Å². The molecule has 1 aliphatic rings. The monoisotopic (exact) mass is 309 g/mol.